The van der Waals surface area contributed by atoms with Gasteiger partial charge in [0.25, 0.3) is 0 Å². The molecule has 21 heavy (non-hydrogen) atoms. The zero-order chi connectivity index (χ0) is 15.4. The summed E-state index contributed by atoms with van der Waals surface area (Å²) in [6, 6.07) is 6.27. The average Bonchev–Trinajstić information content (AvgIpc) is 2.94. The first-order valence-electron chi connectivity index (χ1n) is 6.88. The van der Waals surface area contributed by atoms with Crippen molar-refractivity contribution in [3.63, 3.8) is 0 Å². The van der Waals surface area contributed by atoms with E-state index in [-0.39, 0.29) is 0 Å². The Balaban J connectivity index is 2.21. The summed E-state index contributed by atoms with van der Waals surface area (Å²) < 4.78 is 0. The van der Waals surface area contributed by atoms with E-state index in [0.717, 1.165) is 18.8 Å². The molecule has 3 nitrogen and oxygen atoms in total. The normalized spacial score (nSPS) is 12.2. The Bertz CT molecular complexity index is 587. The van der Waals surface area contributed by atoms with E-state index in [9.17, 15) is 0 Å². The van der Waals surface area contributed by atoms with Gasteiger partial charge in [-0.15, -0.1) is 11.3 Å². The Morgan fingerprint density at radius 3 is 2.76 bits per heavy atom. The first-order valence-corrected chi connectivity index (χ1v) is 8.51. The van der Waals surface area contributed by atoms with E-state index in [0.29, 0.717) is 21.9 Å². The molecule has 0 fully saturated rings. The van der Waals surface area contributed by atoms with Crippen LogP contribution in [-0.2, 0) is 6.42 Å². The summed E-state index contributed by atoms with van der Waals surface area (Å²) in [7, 11) is 2.01. The number of pyridine rings is 1. The van der Waals surface area contributed by atoms with Gasteiger partial charge in [0.2, 0.25) is 0 Å². The van der Waals surface area contributed by atoms with Gasteiger partial charge in [-0.3, -0.25) is 0 Å². The van der Waals surface area contributed by atoms with Crippen molar-refractivity contribution in [3.05, 3.63) is 38.5 Å². The SMILES string of the molecule is CCNc1nc(N(C)C(C)Cc2cccs2)c(Cl)cc1Cl. The maximum absolute atomic E-state index is 6.31. The van der Waals surface area contributed by atoms with E-state index >= 15 is 0 Å². The van der Waals surface area contributed by atoms with Gasteiger partial charge in [0, 0.05) is 30.9 Å². The van der Waals surface area contributed by atoms with Crippen LogP contribution in [0.5, 0.6) is 0 Å². The van der Waals surface area contributed by atoms with Crippen LogP contribution in [0.25, 0.3) is 0 Å². The van der Waals surface area contributed by atoms with E-state index in [2.05, 4.69) is 39.6 Å². The van der Waals surface area contributed by atoms with E-state index in [1.807, 2.05) is 14.0 Å². The van der Waals surface area contributed by atoms with E-state index < -0.39 is 0 Å². The van der Waals surface area contributed by atoms with Crippen LogP contribution >= 0.6 is 34.5 Å². The predicted octanol–water partition coefficient (Wildman–Crippen LogP) is 4.95. The van der Waals surface area contributed by atoms with Gasteiger partial charge in [0.1, 0.15) is 11.6 Å². The predicted molar refractivity (Wildman–Crippen MR) is 94.3 cm³/mol. The number of rotatable bonds is 6. The van der Waals surface area contributed by atoms with Crippen molar-refractivity contribution >= 4 is 46.2 Å². The molecule has 0 aliphatic rings. The number of likely N-dealkylation sites (N-methyl/N-ethyl adjacent to an activating group) is 1. The summed E-state index contributed by atoms with van der Waals surface area (Å²) in [4.78, 5) is 8.02. The van der Waals surface area contributed by atoms with Gasteiger partial charge >= 0.3 is 0 Å². The molecule has 0 radical (unpaired) electrons. The molecule has 0 aliphatic heterocycles. The lowest BCUT2D eigenvalue weighted by atomic mass is 10.2. The second-order valence-electron chi connectivity index (χ2n) is 4.90. The number of nitrogens with one attached hydrogen (secondary N) is 1. The standard InChI is InChI=1S/C15H19Cl2N3S/c1-4-18-14-12(16)9-13(17)15(19-14)20(3)10(2)8-11-6-5-7-21-11/h5-7,9-10H,4,8H2,1-3H3,(H,18,19). The zero-order valence-electron chi connectivity index (χ0n) is 12.4. The number of hydrogen-bond acceptors (Lipinski definition) is 4. The minimum atomic E-state index is 0.296. The smallest absolute Gasteiger partial charge is 0.149 e. The second-order valence-corrected chi connectivity index (χ2v) is 6.74. The number of aromatic nitrogens is 1. The maximum Gasteiger partial charge on any atom is 0.149 e. The average molecular weight is 344 g/mol. The van der Waals surface area contributed by atoms with Gasteiger partial charge in [-0.25, -0.2) is 4.98 Å². The molecule has 0 saturated carbocycles. The summed E-state index contributed by atoms with van der Waals surface area (Å²) in [5.41, 5.74) is 0. The highest BCUT2D eigenvalue weighted by Crippen LogP contribution is 2.32. The van der Waals surface area contributed by atoms with Crippen molar-refractivity contribution in [2.75, 3.05) is 23.8 Å². The van der Waals surface area contributed by atoms with Gasteiger partial charge in [0.05, 0.1) is 10.0 Å². The minimum Gasteiger partial charge on any atom is -0.369 e. The van der Waals surface area contributed by atoms with Crippen molar-refractivity contribution in [1.29, 1.82) is 0 Å². The van der Waals surface area contributed by atoms with Crippen LogP contribution in [-0.4, -0.2) is 24.6 Å². The Kier molecular flexibility index (Phi) is 5.73. The van der Waals surface area contributed by atoms with E-state index in [4.69, 9.17) is 23.2 Å². The van der Waals surface area contributed by atoms with E-state index in [1.165, 1.54) is 4.88 Å². The molecule has 114 valence electrons. The lowest BCUT2D eigenvalue weighted by Crippen LogP contribution is -2.31. The molecule has 0 bridgehead atoms. The third-order valence-electron chi connectivity index (χ3n) is 3.33. The number of thiophene rings is 1. The third kappa shape index (κ3) is 4.02. The molecular weight excluding hydrogens is 325 g/mol. The van der Waals surface area contributed by atoms with Crippen molar-refractivity contribution in [2.45, 2.75) is 26.3 Å². The van der Waals surface area contributed by atoms with Gasteiger partial charge in [-0.1, -0.05) is 29.3 Å². The van der Waals surface area contributed by atoms with Gasteiger partial charge < -0.3 is 10.2 Å². The lowest BCUT2D eigenvalue weighted by molar-refractivity contribution is 0.681. The van der Waals surface area contributed by atoms with Crippen LogP contribution in [0.3, 0.4) is 0 Å². The van der Waals surface area contributed by atoms with Crippen LogP contribution in [0.1, 0.15) is 18.7 Å². The summed E-state index contributed by atoms with van der Waals surface area (Å²) in [5, 5.41) is 6.37. The maximum atomic E-state index is 6.31. The van der Waals surface area contributed by atoms with Crippen LogP contribution in [0.4, 0.5) is 11.6 Å². The van der Waals surface area contributed by atoms with Crippen LogP contribution in [0.2, 0.25) is 10.0 Å². The van der Waals surface area contributed by atoms with Crippen LogP contribution in [0, 0.1) is 0 Å². The first-order chi connectivity index (χ1) is 10.0. The topological polar surface area (TPSA) is 28.2 Å². The molecule has 2 rings (SSSR count). The monoisotopic (exact) mass is 343 g/mol. The molecule has 6 heteroatoms. The molecular formula is C15H19Cl2N3S. The molecule has 2 aromatic rings. The molecule has 1 atom stereocenters. The number of nitrogens with zero attached hydrogens (tertiary/aromatic N) is 2. The van der Waals surface area contributed by atoms with Crippen molar-refractivity contribution in [3.8, 4) is 0 Å². The first kappa shape index (κ1) is 16.4. The fourth-order valence-electron chi connectivity index (χ4n) is 2.06. The van der Waals surface area contributed by atoms with Gasteiger partial charge in [0.15, 0.2) is 0 Å². The fraction of sp³-hybridized carbons (Fsp3) is 0.400. The summed E-state index contributed by atoms with van der Waals surface area (Å²) in [6.07, 6.45) is 0.964. The lowest BCUT2D eigenvalue weighted by Gasteiger charge is -2.27. The van der Waals surface area contributed by atoms with E-state index in [1.54, 1.807) is 17.4 Å². The largest absolute Gasteiger partial charge is 0.369 e. The summed E-state index contributed by atoms with van der Waals surface area (Å²) in [5.74, 6) is 1.43. The van der Waals surface area contributed by atoms with Crippen molar-refractivity contribution in [2.24, 2.45) is 0 Å². The Labute approximate surface area is 139 Å². The fourth-order valence-corrected chi connectivity index (χ4v) is 3.45. The third-order valence-corrected chi connectivity index (χ3v) is 4.79. The molecule has 0 spiro atoms. The highest BCUT2D eigenvalue weighted by atomic mass is 35.5. The second kappa shape index (κ2) is 7.34. The number of anilines is 2. The minimum absolute atomic E-state index is 0.296. The van der Waals surface area contributed by atoms with Gasteiger partial charge in [-0.05, 0) is 31.4 Å². The molecule has 1 unspecified atom stereocenters. The Morgan fingerprint density at radius 1 is 1.38 bits per heavy atom. The molecule has 0 aliphatic carbocycles. The molecule has 2 heterocycles. The molecule has 2 aromatic heterocycles. The Hall–Kier alpha value is -0.970. The van der Waals surface area contributed by atoms with Crippen LogP contribution in [0.15, 0.2) is 23.6 Å². The quantitative estimate of drug-likeness (QED) is 0.804. The number of hydrogen-bond donors (Lipinski definition) is 1. The van der Waals surface area contributed by atoms with Gasteiger partial charge in [-0.2, -0.15) is 0 Å². The number of halogens is 2. The summed E-state index contributed by atoms with van der Waals surface area (Å²) >= 11 is 14.2. The molecule has 0 saturated heterocycles. The Morgan fingerprint density at radius 2 is 2.14 bits per heavy atom. The molecule has 1 N–H and O–H groups in total. The molecule has 0 amide bonds. The van der Waals surface area contributed by atoms with Crippen molar-refractivity contribution < 1.29 is 0 Å². The zero-order valence-corrected chi connectivity index (χ0v) is 14.7. The highest BCUT2D eigenvalue weighted by molar-refractivity contribution is 7.09. The molecule has 0 aromatic carbocycles. The van der Waals surface area contributed by atoms with Crippen molar-refractivity contribution in [1.82, 2.24) is 4.98 Å². The highest BCUT2D eigenvalue weighted by Gasteiger charge is 2.17. The van der Waals surface area contributed by atoms with Crippen LogP contribution < -0.4 is 10.2 Å². The summed E-state index contributed by atoms with van der Waals surface area (Å²) in [6.45, 7) is 4.94.